The molecule has 0 saturated heterocycles. The van der Waals surface area contributed by atoms with E-state index in [0.717, 1.165) is 49.9 Å². The minimum absolute atomic E-state index is 0.160. The van der Waals surface area contributed by atoms with Crippen LogP contribution in [0.15, 0.2) is 22.7 Å². The van der Waals surface area contributed by atoms with Crippen LogP contribution in [-0.4, -0.2) is 46.2 Å². The molecular weight excluding hydrogens is 373 g/mol. The Morgan fingerprint density at radius 2 is 2.07 bits per heavy atom. The molecule has 0 spiro atoms. The third-order valence-corrected chi connectivity index (χ3v) is 5.67. The van der Waals surface area contributed by atoms with Gasteiger partial charge in [0, 0.05) is 31.0 Å². The van der Waals surface area contributed by atoms with Crippen molar-refractivity contribution in [1.29, 1.82) is 0 Å². The summed E-state index contributed by atoms with van der Waals surface area (Å²) >= 11 is 0. The van der Waals surface area contributed by atoms with Gasteiger partial charge < -0.3 is 14.6 Å². The summed E-state index contributed by atoms with van der Waals surface area (Å²) in [4.78, 5) is 4.58. The molecule has 1 aliphatic rings. The van der Waals surface area contributed by atoms with Crippen LogP contribution in [0.4, 0.5) is 4.39 Å². The Balaban J connectivity index is 1.53. The summed E-state index contributed by atoms with van der Waals surface area (Å²) in [6.45, 7) is 5.67. The van der Waals surface area contributed by atoms with Gasteiger partial charge in [-0.1, -0.05) is 26.0 Å². The molecule has 1 saturated carbocycles. The molecule has 2 aromatic heterocycles. The van der Waals surface area contributed by atoms with Gasteiger partial charge in [-0.3, -0.25) is 0 Å². The number of hydrogen-bond acceptors (Lipinski definition) is 6. The Bertz CT molecular complexity index is 959. The highest BCUT2D eigenvalue weighted by Gasteiger charge is 2.27. The predicted octanol–water partition coefficient (Wildman–Crippen LogP) is 3.93. The number of halogens is 1. The molecule has 3 aromatic rings. The highest BCUT2D eigenvalue weighted by Crippen LogP contribution is 2.33. The fourth-order valence-electron chi connectivity index (χ4n) is 4.11. The second-order valence-corrected chi connectivity index (χ2v) is 8.02. The molecule has 7 nitrogen and oxygen atoms in total. The van der Waals surface area contributed by atoms with Crippen molar-refractivity contribution in [3.05, 3.63) is 35.6 Å². The van der Waals surface area contributed by atoms with Crippen molar-refractivity contribution in [2.24, 2.45) is 0 Å². The Hall–Kier alpha value is -2.32. The van der Waals surface area contributed by atoms with E-state index in [1.54, 1.807) is 13.2 Å². The minimum atomic E-state index is -0.337. The van der Waals surface area contributed by atoms with Gasteiger partial charge in [0.05, 0.1) is 12.3 Å². The highest BCUT2D eigenvalue weighted by molar-refractivity contribution is 5.84. The van der Waals surface area contributed by atoms with Gasteiger partial charge in [-0.25, -0.2) is 4.39 Å². The van der Waals surface area contributed by atoms with Crippen molar-refractivity contribution in [3.8, 4) is 5.95 Å². The molecule has 8 heteroatoms. The first-order chi connectivity index (χ1) is 14.1. The number of aromatic nitrogens is 4. The topological polar surface area (TPSA) is 78.0 Å². The lowest BCUT2D eigenvalue weighted by Crippen LogP contribution is -2.34. The van der Waals surface area contributed by atoms with E-state index in [4.69, 9.17) is 9.26 Å². The van der Waals surface area contributed by atoms with E-state index in [1.165, 1.54) is 10.7 Å². The van der Waals surface area contributed by atoms with Crippen molar-refractivity contribution in [2.45, 2.75) is 57.4 Å². The first-order valence-electron chi connectivity index (χ1n) is 10.3. The first-order valence-corrected chi connectivity index (χ1v) is 10.3. The fourth-order valence-corrected chi connectivity index (χ4v) is 4.11. The number of para-hydroxylation sites is 1. The van der Waals surface area contributed by atoms with Crippen LogP contribution in [0.2, 0.25) is 0 Å². The normalized spacial score (nSPS) is 20.0. The van der Waals surface area contributed by atoms with E-state index in [0.29, 0.717) is 23.4 Å². The summed E-state index contributed by atoms with van der Waals surface area (Å²) in [5.41, 5.74) is 1.23. The number of ether oxygens (including phenoxy) is 1. The number of nitrogens with one attached hydrogen (secondary N) is 1. The molecule has 1 aliphatic carbocycles. The molecular formula is C21H28FN5O2. The van der Waals surface area contributed by atoms with E-state index >= 15 is 0 Å². The number of methoxy groups -OCH3 is 1. The molecule has 1 fully saturated rings. The predicted molar refractivity (Wildman–Crippen MR) is 108 cm³/mol. The zero-order valence-corrected chi connectivity index (χ0v) is 17.2. The van der Waals surface area contributed by atoms with Gasteiger partial charge in [0.1, 0.15) is 11.3 Å². The lowest BCUT2D eigenvalue weighted by Gasteiger charge is -2.27. The zero-order valence-electron chi connectivity index (χ0n) is 17.2. The van der Waals surface area contributed by atoms with Crippen LogP contribution in [0.3, 0.4) is 0 Å². The molecule has 1 N–H and O–H groups in total. The van der Waals surface area contributed by atoms with E-state index in [-0.39, 0.29) is 17.7 Å². The molecule has 0 aliphatic heterocycles. The van der Waals surface area contributed by atoms with Crippen LogP contribution in [0.1, 0.15) is 63.0 Å². The molecule has 0 amide bonds. The van der Waals surface area contributed by atoms with Crippen molar-refractivity contribution >= 4 is 10.9 Å². The molecule has 0 bridgehead atoms. The quantitative estimate of drug-likeness (QED) is 0.605. The molecule has 0 radical (unpaired) electrons. The monoisotopic (exact) mass is 401 g/mol. The Morgan fingerprint density at radius 3 is 2.79 bits per heavy atom. The van der Waals surface area contributed by atoms with Crippen LogP contribution in [0, 0.1) is 5.82 Å². The van der Waals surface area contributed by atoms with E-state index < -0.39 is 0 Å². The average Bonchev–Trinajstić information content (AvgIpc) is 3.34. The number of hydrogen-bond donors (Lipinski definition) is 1. The first kappa shape index (κ1) is 20.0. The van der Waals surface area contributed by atoms with Gasteiger partial charge in [0.2, 0.25) is 5.89 Å². The summed E-state index contributed by atoms with van der Waals surface area (Å²) in [5.74, 6) is 0.959. The van der Waals surface area contributed by atoms with Crippen molar-refractivity contribution in [2.75, 3.05) is 20.3 Å². The summed E-state index contributed by atoms with van der Waals surface area (Å²) in [6.07, 6.45) is 4.08. The molecule has 0 unspecified atom stereocenters. The second kappa shape index (κ2) is 8.59. The SMILES string of the molecule is COCCNC1CCC(c2nc(-n3nc(C(C)C)c4cccc(F)c43)no2)CC1. The van der Waals surface area contributed by atoms with Crippen molar-refractivity contribution in [3.63, 3.8) is 0 Å². The average molecular weight is 401 g/mol. The summed E-state index contributed by atoms with van der Waals surface area (Å²) < 4.78 is 26.7. The van der Waals surface area contributed by atoms with Crippen molar-refractivity contribution in [1.82, 2.24) is 25.2 Å². The summed E-state index contributed by atoms with van der Waals surface area (Å²) in [7, 11) is 1.71. The molecule has 29 heavy (non-hydrogen) atoms. The van der Waals surface area contributed by atoms with Gasteiger partial charge >= 0.3 is 0 Å². The summed E-state index contributed by atoms with van der Waals surface area (Å²) in [6, 6.07) is 5.53. The van der Waals surface area contributed by atoms with Crippen molar-refractivity contribution < 1.29 is 13.7 Å². The van der Waals surface area contributed by atoms with Crippen LogP contribution < -0.4 is 5.32 Å². The standard InChI is InChI=1S/C21H28FN5O2/c1-13(2)18-16-5-4-6-17(22)19(16)27(25-18)21-24-20(29-26-21)14-7-9-15(10-8-14)23-11-12-28-3/h4-6,13-15,23H,7-12H2,1-3H3. The van der Waals surface area contributed by atoms with Crippen LogP contribution in [0.5, 0.6) is 0 Å². The van der Waals surface area contributed by atoms with Gasteiger partial charge in [-0.2, -0.15) is 14.8 Å². The van der Waals surface area contributed by atoms with E-state index in [2.05, 4.69) is 20.6 Å². The maximum Gasteiger partial charge on any atom is 0.291 e. The van der Waals surface area contributed by atoms with Gasteiger partial charge in [0.25, 0.3) is 5.95 Å². The maximum absolute atomic E-state index is 14.6. The van der Waals surface area contributed by atoms with Gasteiger partial charge in [0.15, 0.2) is 0 Å². The fraction of sp³-hybridized carbons (Fsp3) is 0.571. The van der Waals surface area contributed by atoms with Crippen LogP contribution in [0.25, 0.3) is 16.9 Å². The number of benzene rings is 1. The minimum Gasteiger partial charge on any atom is -0.383 e. The van der Waals surface area contributed by atoms with Gasteiger partial charge in [-0.05, 0) is 42.8 Å². The Labute approximate surface area is 169 Å². The third kappa shape index (κ3) is 4.04. The lowest BCUT2D eigenvalue weighted by atomic mass is 9.86. The van der Waals surface area contributed by atoms with Gasteiger partial charge in [-0.15, -0.1) is 0 Å². The Morgan fingerprint density at radius 1 is 1.28 bits per heavy atom. The van der Waals surface area contributed by atoms with E-state index in [9.17, 15) is 4.39 Å². The highest BCUT2D eigenvalue weighted by atomic mass is 19.1. The summed E-state index contributed by atoms with van der Waals surface area (Å²) in [5, 5.41) is 13.0. The molecule has 2 heterocycles. The lowest BCUT2D eigenvalue weighted by molar-refractivity contribution is 0.189. The molecule has 4 rings (SSSR count). The number of rotatable bonds is 7. The Kier molecular flexibility index (Phi) is 5.91. The van der Waals surface area contributed by atoms with E-state index in [1.807, 2.05) is 19.9 Å². The number of nitrogens with zero attached hydrogens (tertiary/aromatic N) is 4. The molecule has 0 atom stereocenters. The largest absolute Gasteiger partial charge is 0.383 e. The molecule has 1 aromatic carbocycles. The van der Waals surface area contributed by atoms with Crippen LogP contribution in [-0.2, 0) is 4.74 Å². The maximum atomic E-state index is 14.6. The number of fused-ring (bicyclic) bond motifs is 1. The smallest absolute Gasteiger partial charge is 0.291 e. The van der Waals surface area contributed by atoms with Crippen LogP contribution >= 0.6 is 0 Å². The zero-order chi connectivity index (χ0) is 20.4. The second-order valence-electron chi connectivity index (χ2n) is 8.02. The molecule has 156 valence electrons. The third-order valence-electron chi connectivity index (χ3n) is 5.67.